The summed E-state index contributed by atoms with van der Waals surface area (Å²) in [5, 5.41) is 2.35. The Kier molecular flexibility index (Phi) is 5.56. The number of aryl methyl sites for hydroxylation is 1. The van der Waals surface area contributed by atoms with E-state index in [2.05, 4.69) is 48.0 Å². The molecule has 1 aromatic carbocycles. The average molecular weight is 420 g/mol. The minimum Gasteiger partial charge on any atom is -0.318 e. The second kappa shape index (κ2) is 8.17. The Morgan fingerprint density at radius 1 is 1.03 bits per heavy atom. The molecule has 1 aliphatic carbocycles. The van der Waals surface area contributed by atoms with Gasteiger partial charge in [-0.2, -0.15) is 0 Å². The maximum Gasteiger partial charge on any atom is 0.331 e. The number of benzene rings is 1. The molecular weight excluding hydrogens is 390 g/mol. The van der Waals surface area contributed by atoms with E-state index >= 15 is 0 Å². The summed E-state index contributed by atoms with van der Waals surface area (Å²) in [6, 6.07) is 9.66. The lowest BCUT2D eigenvalue weighted by molar-refractivity contribution is -0.131. The van der Waals surface area contributed by atoms with Crippen molar-refractivity contribution < 1.29 is 14.4 Å². The largest absolute Gasteiger partial charge is 0.331 e. The van der Waals surface area contributed by atoms with Crippen LogP contribution in [0.5, 0.6) is 0 Å². The molecule has 6 heteroatoms. The second-order valence-electron chi connectivity index (χ2n) is 8.84. The molecule has 1 aliphatic heterocycles. The Balaban J connectivity index is 1.69. The maximum absolute atomic E-state index is 13.1. The molecule has 2 heterocycles. The minimum atomic E-state index is -0.629. The first kappa shape index (κ1) is 21.1. The molecule has 2 aliphatic rings. The zero-order valence-corrected chi connectivity index (χ0v) is 18.6. The van der Waals surface area contributed by atoms with Crippen molar-refractivity contribution in [1.29, 1.82) is 0 Å². The molecule has 2 fully saturated rings. The molecule has 4 amide bonds. The van der Waals surface area contributed by atoms with E-state index in [1.807, 2.05) is 19.9 Å². The Bertz CT molecular complexity index is 1070. The van der Waals surface area contributed by atoms with Crippen LogP contribution in [0.4, 0.5) is 4.79 Å². The highest BCUT2D eigenvalue weighted by atomic mass is 16.2. The highest BCUT2D eigenvalue weighted by Gasteiger charge is 2.40. The molecule has 0 unspecified atom stereocenters. The third-order valence-electron chi connectivity index (χ3n) is 6.41. The molecule has 0 radical (unpaired) electrons. The molecular formula is C25H29N3O3. The SMILES string of the molecule is Cc1cc(/C=C2\C(=O)NC(=O)N(C3CCCC3)C2=O)c(C)n1-c1ccc(C(C)C)cc1. The highest BCUT2D eigenvalue weighted by molar-refractivity contribution is 6.31. The molecule has 0 bridgehead atoms. The monoisotopic (exact) mass is 419 g/mol. The first-order chi connectivity index (χ1) is 14.8. The molecule has 1 aromatic heterocycles. The van der Waals surface area contributed by atoms with E-state index in [4.69, 9.17) is 0 Å². The van der Waals surface area contributed by atoms with Crippen LogP contribution in [0.2, 0.25) is 0 Å². The van der Waals surface area contributed by atoms with E-state index in [9.17, 15) is 14.4 Å². The van der Waals surface area contributed by atoms with Crippen LogP contribution in [0, 0.1) is 13.8 Å². The Morgan fingerprint density at radius 2 is 1.68 bits per heavy atom. The summed E-state index contributed by atoms with van der Waals surface area (Å²) >= 11 is 0. The Labute approximate surface area is 182 Å². The summed E-state index contributed by atoms with van der Waals surface area (Å²) in [6.07, 6.45) is 5.19. The molecule has 1 saturated heterocycles. The molecule has 1 N–H and O–H groups in total. The number of nitrogens with one attached hydrogen (secondary N) is 1. The number of barbiturate groups is 1. The third kappa shape index (κ3) is 3.82. The van der Waals surface area contributed by atoms with Crippen LogP contribution in [-0.2, 0) is 9.59 Å². The first-order valence-corrected chi connectivity index (χ1v) is 11.0. The lowest BCUT2D eigenvalue weighted by Gasteiger charge is -2.31. The number of hydrogen-bond acceptors (Lipinski definition) is 3. The van der Waals surface area contributed by atoms with Crippen LogP contribution in [0.25, 0.3) is 11.8 Å². The number of amides is 4. The van der Waals surface area contributed by atoms with Gasteiger partial charge in [0.1, 0.15) is 5.57 Å². The lowest BCUT2D eigenvalue weighted by atomic mass is 10.0. The summed E-state index contributed by atoms with van der Waals surface area (Å²) in [6.45, 7) is 8.30. The zero-order valence-electron chi connectivity index (χ0n) is 18.6. The van der Waals surface area contributed by atoms with Gasteiger partial charge in [-0.05, 0) is 68.0 Å². The van der Waals surface area contributed by atoms with Gasteiger partial charge in [0.05, 0.1) is 0 Å². The molecule has 0 atom stereocenters. The molecule has 0 spiro atoms. The Morgan fingerprint density at radius 3 is 2.29 bits per heavy atom. The van der Waals surface area contributed by atoms with E-state index in [0.29, 0.717) is 5.92 Å². The Hall–Kier alpha value is -3.15. The van der Waals surface area contributed by atoms with Crippen LogP contribution < -0.4 is 5.32 Å². The van der Waals surface area contributed by atoms with E-state index in [0.717, 1.165) is 48.3 Å². The lowest BCUT2D eigenvalue weighted by Crippen LogP contribution is -2.57. The van der Waals surface area contributed by atoms with Crippen LogP contribution in [-0.4, -0.2) is 33.4 Å². The van der Waals surface area contributed by atoms with Crippen molar-refractivity contribution in [2.75, 3.05) is 0 Å². The summed E-state index contributed by atoms with van der Waals surface area (Å²) in [5.41, 5.74) is 5.06. The standard InChI is InChI=1S/C25H29N3O3/c1-15(2)18-9-11-21(12-10-18)27-16(3)13-19(17(27)4)14-22-23(29)26-25(31)28(24(22)30)20-7-5-6-8-20/h9-15,20H,5-8H2,1-4H3,(H,26,29,31)/b22-14+. The fourth-order valence-electron chi connectivity index (χ4n) is 4.66. The van der Waals surface area contributed by atoms with Crippen molar-refractivity contribution in [3.63, 3.8) is 0 Å². The third-order valence-corrected chi connectivity index (χ3v) is 6.41. The number of imide groups is 2. The van der Waals surface area contributed by atoms with Gasteiger partial charge in [0.2, 0.25) is 0 Å². The van der Waals surface area contributed by atoms with Crippen molar-refractivity contribution in [2.24, 2.45) is 0 Å². The topological polar surface area (TPSA) is 71.4 Å². The molecule has 1 saturated carbocycles. The number of nitrogens with zero attached hydrogens (tertiary/aromatic N) is 2. The smallest absolute Gasteiger partial charge is 0.318 e. The van der Waals surface area contributed by atoms with E-state index < -0.39 is 17.8 Å². The van der Waals surface area contributed by atoms with Gasteiger partial charge in [-0.3, -0.25) is 19.8 Å². The first-order valence-electron chi connectivity index (χ1n) is 11.0. The number of carbonyl (C=O) groups is 3. The number of carbonyl (C=O) groups excluding carboxylic acids is 3. The summed E-state index contributed by atoms with van der Waals surface area (Å²) in [5.74, 6) is -0.662. The van der Waals surface area contributed by atoms with Gasteiger partial charge in [0.25, 0.3) is 11.8 Å². The predicted molar refractivity (Wildman–Crippen MR) is 120 cm³/mol. The molecule has 31 heavy (non-hydrogen) atoms. The second-order valence-corrected chi connectivity index (χ2v) is 8.84. The number of urea groups is 1. The molecule has 162 valence electrons. The fraction of sp³-hybridized carbons (Fsp3) is 0.400. The van der Waals surface area contributed by atoms with Crippen LogP contribution in [0.1, 0.15) is 68.0 Å². The van der Waals surface area contributed by atoms with Gasteiger partial charge in [0.15, 0.2) is 0 Å². The van der Waals surface area contributed by atoms with E-state index in [1.165, 1.54) is 10.5 Å². The zero-order chi connectivity index (χ0) is 22.3. The van der Waals surface area contributed by atoms with Crippen LogP contribution >= 0.6 is 0 Å². The van der Waals surface area contributed by atoms with Gasteiger partial charge < -0.3 is 4.57 Å². The quantitative estimate of drug-likeness (QED) is 0.581. The maximum atomic E-state index is 13.1. The predicted octanol–water partition coefficient (Wildman–Crippen LogP) is 4.62. The van der Waals surface area contributed by atoms with Crippen molar-refractivity contribution in [3.05, 3.63) is 58.4 Å². The summed E-state index contributed by atoms with van der Waals surface area (Å²) < 4.78 is 2.11. The highest BCUT2D eigenvalue weighted by Crippen LogP contribution is 2.29. The van der Waals surface area contributed by atoms with Gasteiger partial charge in [-0.15, -0.1) is 0 Å². The van der Waals surface area contributed by atoms with Crippen molar-refractivity contribution in [3.8, 4) is 5.69 Å². The number of hydrogen-bond donors (Lipinski definition) is 1. The molecule has 4 rings (SSSR count). The van der Waals surface area contributed by atoms with Crippen LogP contribution in [0.15, 0.2) is 35.9 Å². The minimum absolute atomic E-state index is 0.0157. The fourth-order valence-corrected chi connectivity index (χ4v) is 4.66. The van der Waals surface area contributed by atoms with Gasteiger partial charge in [0, 0.05) is 23.1 Å². The van der Waals surface area contributed by atoms with Crippen LogP contribution in [0.3, 0.4) is 0 Å². The van der Waals surface area contributed by atoms with Gasteiger partial charge in [-0.25, -0.2) is 4.79 Å². The van der Waals surface area contributed by atoms with E-state index in [-0.39, 0.29) is 11.6 Å². The number of rotatable bonds is 4. The summed E-state index contributed by atoms with van der Waals surface area (Å²) in [4.78, 5) is 39.1. The average Bonchev–Trinajstić information content (AvgIpc) is 3.33. The molecule has 2 aromatic rings. The normalized spacial score (nSPS) is 19.1. The molecule has 6 nitrogen and oxygen atoms in total. The van der Waals surface area contributed by atoms with Crippen molar-refractivity contribution in [1.82, 2.24) is 14.8 Å². The van der Waals surface area contributed by atoms with Crippen molar-refractivity contribution >= 4 is 23.9 Å². The van der Waals surface area contributed by atoms with Crippen molar-refractivity contribution in [2.45, 2.75) is 65.3 Å². The van der Waals surface area contributed by atoms with E-state index in [1.54, 1.807) is 6.08 Å². The van der Waals surface area contributed by atoms with Gasteiger partial charge >= 0.3 is 6.03 Å². The number of aromatic nitrogens is 1. The van der Waals surface area contributed by atoms with Gasteiger partial charge in [-0.1, -0.05) is 38.8 Å². The summed E-state index contributed by atoms with van der Waals surface area (Å²) in [7, 11) is 0.